The number of hydrogen-bond donors (Lipinski definition) is 1. The fraction of sp³-hybridized carbons (Fsp3) is 0.435. The van der Waals surface area contributed by atoms with Gasteiger partial charge in [-0.15, -0.1) is 0 Å². The first-order valence-corrected chi connectivity index (χ1v) is 9.86. The fourth-order valence-corrected chi connectivity index (χ4v) is 3.27. The quantitative estimate of drug-likeness (QED) is 0.800. The average molecular weight is 387 g/mol. The van der Waals surface area contributed by atoms with Crippen LogP contribution in [0.3, 0.4) is 0 Å². The number of rotatable bonds is 2. The molecule has 0 aromatic heterocycles. The second-order valence-corrected chi connectivity index (χ2v) is 7.29. The lowest BCUT2D eigenvalue weighted by molar-refractivity contribution is -0.136. The maximum Gasteiger partial charge on any atom is 0.293 e. The zero-order valence-electron chi connectivity index (χ0n) is 16.8. The van der Waals surface area contributed by atoms with Gasteiger partial charge in [-0.2, -0.15) is 0 Å². The van der Waals surface area contributed by atoms with E-state index in [0.717, 1.165) is 26.1 Å². The van der Waals surface area contributed by atoms with Gasteiger partial charge in [0.2, 0.25) is 0 Å². The number of benzene rings is 2. The minimum Gasteiger partial charge on any atom is -0.463 e. The van der Waals surface area contributed by atoms with Crippen LogP contribution in [-0.4, -0.2) is 44.2 Å². The molecule has 1 saturated heterocycles. The molecule has 2 atom stereocenters. The van der Waals surface area contributed by atoms with Gasteiger partial charge in [-0.3, -0.25) is 4.79 Å². The van der Waals surface area contributed by atoms with E-state index in [1.54, 1.807) is 18.2 Å². The standard InChI is InChI=1S/C10H13N.C7H13NO2.C6H5F/c1-11-7-6-9-4-2-3-5-10(9)8-11;1-6-2-3-8-4-7(6)10-5-9;7-6-4-2-1-3-5-6/h2-5H,6-8H2,1H3;5-8H,2-4H2,1H3;1-5H/t;6-,7?;/m.0./s1. The van der Waals surface area contributed by atoms with Crippen molar-refractivity contribution in [3.05, 3.63) is 71.5 Å². The van der Waals surface area contributed by atoms with E-state index >= 15 is 0 Å². The molecule has 4 rings (SSSR count). The summed E-state index contributed by atoms with van der Waals surface area (Å²) in [7, 11) is 2.18. The van der Waals surface area contributed by atoms with E-state index in [2.05, 4.69) is 48.5 Å². The Morgan fingerprint density at radius 2 is 1.79 bits per heavy atom. The summed E-state index contributed by atoms with van der Waals surface area (Å²) in [5.41, 5.74) is 3.03. The second kappa shape index (κ2) is 12.3. The number of nitrogens with one attached hydrogen (secondary N) is 1. The lowest BCUT2D eigenvalue weighted by Gasteiger charge is -2.27. The fourth-order valence-electron chi connectivity index (χ4n) is 3.27. The van der Waals surface area contributed by atoms with Crippen molar-refractivity contribution in [1.29, 1.82) is 0 Å². The molecule has 28 heavy (non-hydrogen) atoms. The lowest BCUT2D eigenvalue weighted by Crippen LogP contribution is -2.40. The summed E-state index contributed by atoms with van der Waals surface area (Å²) in [6.07, 6.45) is 2.40. The Balaban J connectivity index is 0.000000154. The minimum atomic E-state index is -0.178. The molecule has 2 aromatic rings. The molecule has 0 spiro atoms. The molecule has 2 heterocycles. The van der Waals surface area contributed by atoms with Gasteiger partial charge in [0.1, 0.15) is 11.9 Å². The van der Waals surface area contributed by atoms with Crippen LogP contribution in [0.2, 0.25) is 0 Å². The van der Waals surface area contributed by atoms with Crippen molar-refractivity contribution >= 4 is 6.47 Å². The SMILES string of the molecule is CN1CCc2ccccc2C1.C[C@H]1CCNCC1OC=O.Fc1ccccc1. The van der Waals surface area contributed by atoms with E-state index in [1.807, 2.05) is 0 Å². The van der Waals surface area contributed by atoms with Crippen LogP contribution in [0, 0.1) is 11.7 Å². The Morgan fingerprint density at radius 3 is 2.39 bits per heavy atom. The van der Waals surface area contributed by atoms with Gasteiger partial charge in [0.15, 0.2) is 0 Å². The number of hydrogen-bond acceptors (Lipinski definition) is 4. The summed E-state index contributed by atoms with van der Waals surface area (Å²) in [5, 5.41) is 3.17. The third-order valence-corrected chi connectivity index (χ3v) is 5.04. The maximum atomic E-state index is 11.9. The third-order valence-electron chi connectivity index (χ3n) is 5.04. The minimum absolute atomic E-state index is 0.0891. The van der Waals surface area contributed by atoms with Gasteiger partial charge >= 0.3 is 0 Å². The Hall–Kier alpha value is -2.24. The molecule has 0 saturated carbocycles. The number of halogens is 1. The summed E-state index contributed by atoms with van der Waals surface area (Å²) in [6, 6.07) is 16.7. The topological polar surface area (TPSA) is 41.6 Å². The number of fused-ring (bicyclic) bond motifs is 1. The van der Waals surface area contributed by atoms with Crippen molar-refractivity contribution in [2.24, 2.45) is 5.92 Å². The molecular weight excluding hydrogens is 355 g/mol. The van der Waals surface area contributed by atoms with Gasteiger partial charge < -0.3 is 15.0 Å². The van der Waals surface area contributed by atoms with Crippen molar-refractivity contribution in [2.45, 2.75) is 32.4 Å². The smallest absolute Gasteiger partial charge is 0.293 e. The maximum absolute atomic E-state index is 11.9. The van der Waals surface area contributed by atoms with Crippen molar-refractivity contribution in [1.82, 2.24) is 10.2 Å². The molecule has 4 nitrogen and oxygen atoms in total. The zero-order valence-corrected chi connectivity index (χ0v) is 16.8. The van der Waals surface area contributed by atoms with E-state index in [1.165, 1.54) is 36.2 Å². The summed E-state index contributed by atoms with van der Waals surface area (Å²) < 4.78 is 16.8. The predicted octanol–water partition coefficient (Wildman–Crippen LogP) is 3.66. The Labute approximate surface area is 167 Å². The third kappa shape index (κ3) is 7.79. The number of ether oxygens (including phenoxy) is 1. The van der Waals surface area contributed by atoms with Gasteiger partial charge in [0, 0.05) is 19.6 Å². The highest BCUT2D eigenvalue weighted by atomic mass is 19.1. The van der Waals surface area contributed by atoms with Crippen molar-refractivity contribution in [2.75, 3.05) is 26.7 Å². The highest BCUT2D eigenvalue weighted by Gasteiger charge is 2.21. The van der Waals surface area contributed by atoms with Gasteiger partial charge in [0.25, 0.3) is 6.47 Å². The first kappa shape index (κ1) is 22.1. The Kier molecular flexibility index (Phi) is 9.66. The molecule has 2 aromatic carbocycles. The Bertz CT molecular complexity index is 696. The van der Waals surface area contributed by atoms with Gasteiger partial charge in [-0.1, -0.05) is 49.4 Å². The van der Waals surface area contributed by atoms with Crippen LogP contribution in [0.5, 0.6) is 0 Å². The van der Waals surface area contributed by atoms with Crippen LogP contribution in [0.1, 0.15) is 24.5 Å². The van der Waals surface area contributed by atoms with E-state index in [4.69, 9.17) is 4.74 Å². The van der Waals surface area contributed by atoms with Crippen LogP contribution >= 0.6 is 0 Å². The van der Waals surface area contributed by atoms with Crippen LogP contribution in [0.25, 0.3) is 0 Å². The number of likely N-dealkylation sites (N-methyl/N-ethyl adjacent to an activating group) is 1. The van der Waals surface area contributed by atoms with Crippen molar-refractivity contribution in [3.63, 3.8) is 0 Å². The highest BCUT2D eigenvalue weighted by molar-refractivity contribution is 5.37. The van der Waals surface area contributed by atoms with Crippen LogP contribution in [-0.2, 0) is 22.5 Å². The molecule has 152 valence electrons. The molecule has 2 aliphatic rings. The van der Waals surface area contributed by atoms with Gasteiger partial charge in [-0.25, -0.2) is 4.39 Å². The normalized spacial score (nSPS) is 21.1. The van der Waals surface area contributed by atoms with Crippen molar-refractivity contribution in [3.8, 4) is 0 Å². The van der Waals surface area contributed by atoms with E-state index in [9.17, 15) is 9.18 Å². The number of carbonyl (C=O) groups excluding carboxylic acids is 1. The molecule has 1 N–H and O–H groups in total. The number of carbonyl (C=O) groups is 1. The first-order valence-electron chi connectivity index (χ1n) is 9.86. The summed E-state index contributed by atoms with van der Waals surface area (Å²) in [5.74, 6) is 0.328. The summed E-state index contributed by atoms with van der Waals surface area (Å²) in [6.45, 7) is 6.82. The van der Waals surface area contributed by atoms with Crippen LogP contribution < -0.4 is 5.32 Å². The van der Waals surface area contributed by atoms with E-state index < -0.39 is 0 Å². The van der Waals surface area contributed by atoms with Crippen molar-refractivity contribution < 1.29 is 13.9 Å². The summed E-state index contributed by atoms with van der Waals surface area (Å²) >= 11 is 0. The molecule has 1 unspecified atom stereocenters. The monoisotopic (exact) mass is 386 g/mol. The molecule has 0 radical (unpaired) electrons. The molecule has 0 bridgehead atoms. The van der Waals surface area contributed by atoms with Gasteiger partial charge in [-0.05, 0) is 55.6 Å². The number of piperidine rings is 1. The predicted molar refractivity (Wildman–Crippen MR) is 110 cm³/mol. The number of nitrogens with zero attached hydrogens (tertiary/aromatic N) is 1. The zero-order chi connectivity index (χ0) is 20.2. The Morgan fingerprint density at radius 1 is 1.11 bits per heavy atom. The molecule has 5 heteroatoms. The average Bonchev–Trinajstić information content (AvgIpc) is 2.71. The summed E-state index contributed by atoms with van der Waals surface area (Å²) in [4.78, 5) is 12.3. The largest absolute Gasteiger partial charge is 0.463 e. The molecule has 0 aliphatic carbocycles. The lowest BCUT2D eigenvalue weighted by atomic mass is 9.97. The van der Waals surface area contributed by atoms with Crippen LogP contribution in [0.15, 0.2) is 54.6 Å². The molecule has 2 aliphatic heterocycles. The first-order chi connectivity index (χ1) is 13.6. The molecule has 0 amide bonds. The second-order valence-electron chi connectivity index (χ2n) is 7.29. The highest BCUT2D eigenvalue weighted by Crippen LogP contribution is 2.16. The van der Waals surface area contributed by atoms with E-state index in [0.29, 0.717) is 12.4 Å². The molecular formula is C23H31FN2O2. The van der Waals surface area contributed by atoms with E-state index in [-0.39, 0.29) is 11.9 Å². The van der Waals surface area contributed by atoms with Crippen LogP contribution in [0.4, 0.5) is 4.39 Å². The molecule has 1 fully saturated rings. The van der Waals surface area contributed by atoms with Gasteiger partial charge in [0.05, 0.1) is 0 Å².